The summed E-state index contributed by atoms with van der Waals surface area (Å²) in [6.07, 6.45) is 3.80. The first-order chi connectivity index (χ1) is 12.1. The summed E-state index contributed by atoms with van der Waals surface area (Å²) in [5.41, 5.74) is 4.70. The predicted molar refractivity (Wildman–Crippen MR) is 99.4 cm³/mol. The number of anilines is 2. The molecule has 0 unspecified atom stereocenters. The molecule has 0 radical (unpaired) electrons. The molecular weight excluding hydrogens is 315 g/mol. The average molecular weight is 336 g/mol. The number of nitrogens with zero attached hydrogens (tertiary/aromatic N) is 2. The van der Waals surface area contributed by atoms with Crippen molar-refractivity contribution in [3.05, 3.63) is 59.2 Å². The van der Waals surface area contributed by atoms with Gasteiger partial charge < -0.3 is 10.6 Å². The molecule has 1 aliphatic carbocycles. The van der Waals surface area contributed by atoms with Gasteiger partial charge in [-0.3, -0.25) is 0 Å². The van der Waals surface area contributed by atoms with Gasteiger partial charge in [-0.15, -0.1) is 0 Å². The molecule has 0 aliphatic heterocycles. The van der Waals surface area contributed by atoms with Crippen LogP contribution in [0.1, 0.15) is 29.5 Å². The van der Waals surface area contributed by atoms with E-state index in [0.717, 1.165) is 24.0 Å². The lowest BCUT2D eigenvalue weighted by Crippen LogP contribution is -2.07. The molecule has 0 bridgehead atoms. The van der Waals surface area contributed by atoms with Crippen LogP contribution in [0.2, 0.25) is 0 Å². The SMILES string of the molecule is Cc1cccc(C)c1CNc1cc2c(NC3CC3)ncnc2cc1F. The molecule has 0 spiro atoms. The highest BCUT2D eigenvalue weighted by Gasteiger charge is 2.22. The normalized spacial score (nSPS) is 13.9. The van der Waals surface area contributed by atoms with Crippen LogP contribution >= 0.6 is 0 Å². The Bertz CT molecular complexity index is 914. The third kappa shape index (κ3) is 3.27. The molecule has 0 saturated heterocycles. The minimum atomic E-state index is -0.296. The number of halogens is 1. The Balaban J connectivity index is 1.65. The summed E-state index contributed by atoms with van der Waals surface area (Å²) in [4.78, 5) is 8.53. The van der Waals surface area contributed by atoms with Gasteiger partial charge in [0.05, 0.1) is 11.2 Å². The highest BCUT2D eigenvalue weighted by Crippen LogP contribution is 2.30. The summed E-state index contributed by atoms with van der Waals surface area (Å²) in [5.74, 6) is 0.484. The summed E-state index contributed by atoms with van der Waals surface area (Å²) >= 11 is 0. The van der Waals surface area contributed by atoms with E-state index in [0.29, 0.717) is 23.8 Å². The second-order valence-electron chi connectivity index (χ2n) is 6.71. The molecule has 2 aromatic carbocycles. The van der Waals surface area contributed by atoms with Crippen LogP contribution in [0, 0.1) is 19.7 Å². The fraction of sp³-hybridized carbons (Fsp3) is 0.300. The first-order valence-corrected chi connectivity index (χ1v) is 8.61. The topological polar surface area (TPSA) is 49.8 Å². The molecule has 1 heterocycles. The lowest BCUT2D eigenvalue weighted by atomic mass is 10.0. The van der Waals surface area contributed by atoms with Crippen LogP contribution < -0.4 is 10.6 Å². The summed E-state index contributed by atoms with van der Waals surface area (Å²) in [6, 6.07) is 9.95. The van der Waals surface area contributed by atoms with Crippen LogP contribution in [0.25, 0.3) is 10.9 Å². The lowest BCUT2D eigenvalue weighted by Gasteiger charge is -2.14. The summed E-state index contributed by atoms with van der Waals surface area (Å²) in [6.45, 7) is 4.73. The van der Waals surface area contributed by atoms with Crippen molar-refractivity contribution in [2.45, 2.75) is 39.3 Å². The van der Waals surface area contributed by atoms with Crippen LogP contribution in [0.5, 0.6) is 0 Å². The molecular formula is C20H21FN4. The Morgan fingerprint density at radius 3 is 2.60 bits per heavy atom. The van der Waals surface area contributed by atoms with Gasteiger partial charge in [0.15, 0.2) is 0 Å². The van der Waals surface area contributed by atoms with Crippen molar-refractivity contribution < 1.29 is 4.39 Å². The van der Waals surface area contributed by atoms with Crippen LogP contribution in [-0.2, 0) is 6.54 Å². The molecule has 2 N–H and O–H groups in total. The Labute approximate surface area is 146 Å². The second-order valence-corrected chi connectivity index (χ2v) is 6.71. The van der Waals surface area contributed by atoms with Gasteiger partial charge in [0, 0.05) is 24.0 Å². The number of hydrogen-bond acceptors (Lipinski definition) is 4. The van der Waals surface area contributed by atoms with Gasteiger partial charge in [-0.25, -0.2) is 14.4 Å². The van der Waals surface area contributed by atoms with E-state index in [1.54, 1.807) is 0 Å². The Morgan fingerprint density at radius 1 is 1.12 bits per heavy atom. The minimum Gasteiger partial charge on any atom is -0.379 e. The second kappa shape index (κ2) is 6.31. The van der Waals surface area contributed by atoms with E-state index in [-0.39, 0.29) is 5.82 Å². The first kappa shape index (κ1) is 15.8. The smallest absolute Gasteiger partial charge is 0.148 e. The number of nitrogens with one attached hydrogen (secondary N) is 2. The van der Waals surface area contributed by atoms with Gasteiger partial charge in [-0.1, -0.05) is 18.2 Å². The first-order valence-electron chi connectivity index (χ1n) is 8.61. The van der Waals surface area contributed by atoms with Crippen LogP contribution in [0.4, 0.5) is 15.9 Å². The van der Waals surface area contributed by atoms with E-state index < -0.39 is 0 Å². The van der Waals surface area contributed by atoms with E-state index in [1.807, 2.05) is 12.1 Å². The number of hydrogen-bond donors (Lipinski definition) is 2. The van der Waals surface area contributed by atoms with Gasteiger partial charge >= 0.3 is 0 Å². The molecule has 1 saturated carbocycles. The highest BCUT2D eigenvalue weighted by atomic mass is 19.1. The standard InChI is InChI=1S/C20H21FN4/c1-12-4-3-5-13(2)16(12)10-22-19-8-15-18(9-17(19)21)23-11-24-20(15)25-14-6-7-14/h3-5,8-9,11,14,22H,6-7,10H2,1-2H3,(H,23,24,25). The zero-order valence-electron chi connectivity index (χ0n) is 14.4. The Hall–Kier alpha value is -2.69. The van der Waals surface area contributed by atoms with E-state index in [4.69, 9.17) is 0 Å². The fourth-order valence-corrected chi connectivity index (χ4v) is 3.06. The summed E-state index contributed by atoms with van der Waals surface area (Å²) in [5, 5.41) is 7.48. The van der Waals surface area contributed by atoms with Crippen molar-refractivity contribution in [3.63, 3.8) is 0 Å². The Morgan fingerprint density at radius 2 is 1.88 bits per heavy atom. The molecule has 5 heteroatoms. The van der Waals surface area contributed by atoms with Crippen molar-refractivity contribution in [1.29, 1.82) is 0 Å². The molecule has 25 heavy (non-hydrogen) atoms. The zero-order valence-corrected chi connectivity index (χ0v) is 14.4. The number of aryl methyl sites for hydroxylation is 2. The lowest BCUT2D eigenvalue weighted by molar-refractivity contribution is 0.631. The van der Waals surface area contributed by atoms with Crippen LogP contribution in [0.15, 0.2) is 36.7 Å². The number of benzene rings is 2. The third-order valence-corrected chi connectivity index (χ3v) is 4.74. The largest absolute Gasteiger partial charge is 0.379 e. The monoisotopic (exact) mass is 336 g/mol. The van der Waals surface area contributed by atoms with Gasteiger partial charge in [0.2, 0.25) is 0 Å². The van der Waals surface area contributed by atoms with Crippen molar-refractivity contribution >= 4 is 22.4 Å². The maximum atomic E-state index is 14.5. The van der Waals surface area contributed by atoms with Gasteiger partial charge in [0.25, 0.3) is 0 Å². The van der Waals surface area contributed by atoms with Crippen molar-refractivity contribution in [3.8, 4) is 0 Å². The average Bonchev–Trinajstić information content (AvgIpc) is 3.39. The highest BCUT2D eigenvalue weighted by molar-refractivity contribution is 5.91. The van der Waals surface area contributed by atoms with E-state index in [1.165, 1.54) is 29.1 Å². The van der Waals surface area contributed by atoms with E-state index >= 15 is 0 Å². The number of rotatable bonds is 5. The van der Waals surface area contributed by atoms with Crippen molar-refractivity contribution in [1.82, 2.24) is 9.97 Å². The Kier molecular flexibility index (Phi) is 3.99. The van der Waals surface area contributed by atoms with E-state index in [2.05, 4.69) is 46.6 Å². The molecule has 0 amide bonds. The maximum absolute atomic E-state index is 14.5. The molecule has 4 nitrogen and oxygen atoms in total. The van der Waals surface area contributed by atoms with Gasteiger partial charge in [-0.05, 0) is 49.4 Å². The maximum Gasteiger partial charge on any atom is 0.148 e. The number of aromatic nitrogens is 2. The molecule has 0 atom stereocenters. The minimum absolute atomic E-state index is 0.296. The summed E-state index contributed by atoms with van der Waals surface area (Å²) in [7, 11) is 0. The van der Waals surface area contributed by atoms with Crippen molar-refractivity contribution in [2.75, 3.05) is 10.6 Å². The van der Waals surface area contributed by atoms with Gasteiger partial charge in [-0.2, -0.15) is 0 Å². The fourth-order valence-electron chi connectivity index (χ4n) is 3.06. The zero-order chi connectivity index (χ0) is 17.4. The van der Waals surface area contributed by atoms with Crippen LogP contribution in [-0.4, -0.2) is 16.0 Å². The third-order valence-electron chi connectivity index (χ3n) is 4.74. The number of fused-ring (bicyclic) bond motifs is 1. The molecule has 4 rings (SSSR count). The summed E-state index contributed by atoms with van der Waals surface area (Å²) < 4.78 is 14.5. The predicted octanol–water partition coefficient (Wildman–Crippen LogP) is 4.57. The molecule has 1 aliphatic rings. The van der Waals surface area contributed by atoms with Crippen LogP contribution in [0.3, 0.4) is 0 Å². The molecule has 1 aromatic heterocycles. The molecule has 3 aromatic rings. The quantitative estimate of drug-likeness (QED) is 0.716. The molecule has 1 fully saturated rings. The van der Waals surface area contributed by atoms with Crippen molar-refractivity contribution in [2.24, 2.45) is 0 Å². The van der Waals surface area contributed by atoms with Gasteiger partial charge in [0.1, 0.15) is 18.0 Å². The van der Waals surface area contributed by atoms with E-state index in [9.17, 15) is 4.39 Å². The molecule has 128 valence electrons.